The SMILES string of the molecule is CC[NH+](CC)CC.Cc1c(N=Cc2ccccc2[O-])c([O-])n(-c2ccccc2)[n+]1C.Cc1c(N=Cc2ccccc2[O-])c([O-])n(-c2ccccc2)[n+]1C.O.O=C([O-])c1cccc2ccccc12.O=C([O-])c1cccc2ccccc12.[Cu+2].[Cu+2].[O-][Cl+3]([O-])([O-])[O-]. The molecule has 0 spiro atoms. The molecule has 2 radical (unpaired) electrons. The van der Waals surface area contributed by atoms with Crippen molar-refractivity contribution in [3.05, 3.63) is 228 Å². The summed E-state index contributed by atoms with van der Waals surface area (Å²) in [5, 5.41) is 73.5. The number of nitrogens with one attached hydrogen (secondary N) is 1. The number of carbonyl (C=O) groups excluding carboxylic acids is 2. The maximum atomic E-state index is 12.7. The van der Waals surface area contributed by atoms with Crippen molar-refractivity contribution in [2.45, 2.75) is 34.6 Å². The number of carboxylic acids is 2. The van der Waals surface area contributed by atoms with Crippen molar-refractivity contribution in [3.63, 3.8) is 0 Å². The van der Waals surface area contributed by atoms with Crippen molar-refractivity contribution >= 4 is 57.3 Å². The average molecular weight is 1300 g/mol. The molecule has 0 saturated heterocycles. The summed E-state index contributed by atoms with van der Waals surface area (Å²) in [5.41, 5.74) is 5.10. The first-order chi connectivity index (χ1) is 40.1. The molecular formula is C64H64ClCu2N7O13. The van der Waals surface area contributed by atoms with Crippen LogP contribution in [-0.4, -0.2) is 58.8 Å². The monoisotopic (exact) mass is 1300 g/mol. The van der Waals surface area contributed by atoms with E-state index in [-0.39, 0.29) is 74.0 Å². The van der Waals surface area contributed by atoms with Gasteiger partial charge >= 0.3 is 34.1 Å². The number of aromatic carboxylic acids is 2. The van der Waals surface area contributed by atoms with Gasteiger partial charge in [-0.2, -0.15) is 0 Å². The van der Waals surface area contributed by atoms with E-state index in [0.29, 0.717) is 22.5 Å². The van der Waals surface area contributed by atoms with Crippen molar-refractivity contribution in [1.82, 2.24) is 9.36 Å². The van der Waals surface area contributed by atoms with Crippen LogP contribution in [0.2, 0.25) is 0 Å². The molecule has 0 bridgehead atoms. The summed E-state index contributed by atoms with van der Waals surface area (Å²) >= 11 is 0. The largest absolute Gasteiger partial charge is 2.00 e. The Morgan fingerprint density at radius 3 is 1.06 bits per heavy atom. The minimum absolute atomic E-state index is 0. The van der Waals surface area contributed by atoms with Crippen LogP contribution in [-0.2, 0) is 48.2 Å². The zero-order valence-electron chi connectivity index (χ0n) is 48.3. The van der Waals surface area contributed by atoms with Crippen molar-refractivity contribution in [2.75, 3.05) is 19.6 Å². The molecule has 0 amide bonds. The Morgan fingerprint density at radius 1 is 0.471 bits per heavy atom. The molecule has 10 rings (SSSR count). The van der Waals surface area contributed by atoms with Crippen LogP contribution in [0.5, 0.6) is 23.3 Å². The molecule has 23 heteroatoms. The van der Waals surface area contributed by atoms with E-state index in [2.05, 4.69) is 30.8 Å². The predicted octanol–water partition coefficient (Wildman–Crippen LogP) is -0.232. The van der Waals surface area contributed by atoms with Crippen LogP contribution in [0.25, 0.3) is 32.9 Å². The maximum absolute atomic E-state index is 12.7. The summed E-state index contributed by atoms with van der Waals surface area (Å²) in [4.78, 5) is 31.6. The fraction of sp³-hybridized carbons (Fsp3) is 0.156. The second-order valence-electron chi connectivity index (χ2n) is 18.2. The summed E-state index contributed by atoms with van der Waals surface area (Å²) in [5.74, 6) is -2.92. The van der Waals surface area contributed by atoms with Gasteiger partial charge in [-0.15, -0.1) is 40.5 Å². The molecule has 0 fully saturated rings. The number of rotatable bonds is 11. The predicted molar refractivity (Wildman–Crippen MR) is 301 cm³/mol. The summed E-state index contributed by atoms with van der Waals surface area (Å²) in [7, 11) is -1.32. The molecule has 0 unspecified atom stereocenters. The Hall–Kier alpha value is -8.73. The van der Waals surface area contributed by atoms with Gasteiger partial charge in [0.1, 0.15) is 22.7 Å². The number of halogens is 1. The average Bonchev–Trinajstić information content (AvgIpc) is 1.95. The normalized spacial score (nSPS) is 10.5. The number of benzene rings is 8. The van der Waals surface area contributed by atoms with Gasteiger partial charge in [-0.3, -0.25) is 0 Å². The van der Waals surface area contributed by atoms with Crippen LogP contribution in [0.1, 0.15) is 64.0 Å². The standard InChI is InChI=1S/2C18H17N3O2.2C11H8O2.C6H15N.ClHO4.2Cu.H2O/c2*1-13-17(19-12-14-8-6-7-11-16(14)22)18(23)21(20(13)2)15-9-4-3-5-10-15;2*12-11(13)10-7-3-5-8-4-1-2-6-9(8)10;1-4-7(5-2)6-3;2-1(3,4)5;;;/h2*3-12,22H,1-2H3;2*1-7H,(H,12,13);4-6H2,1-3H3;(H,2,3,4,5);;;1H2/q;;;;;;2*+2;/p-4. The molecule has 0 saturated carbocycles. The zero-order chi connectivity index (χ0) is 61.5. The van der Waals surface area contributed by atoms with Gasteiger partial charge in [-0.25, -0.2) is 28.6 Å². The molecule has 0 aliphatic rings. The van der Waals surface area contributed by atoms with Crippen molar-refractivity contribution < 1.29 is 123 Å². The molecule has 0 atom stereocenters. The molecule has 0 aliphatic heterocycles. The Kier molecular flexibility index (Phi) is 31.0. The first-order valence-corrected chi connectivity index (χ1v) is 27.5. The van der Waals surface area contributed by atoms with Gasteiger partial charge in [-0.05, 0) is 77.7 Å². The van der Waals surface area contributed by atoms with Gasteiger partial charge in [-0.1, -0.05) is 170 Å². The molecular weight excluding hydrogens is 1240 g/mol. The molecule has 20 nitrogen and oxygen atoms in total. The van der Waals surface area contributed by atoms with Crippen LogP contribution in [0.15, 0.2) is 204 Å². The van der Waals surface area contributed by atoms with E-state index in [4.69, 9.17) is 18.6 Å². The smallest absolute Gasteiger partial charge is 0.872 e. The van der Waals surface area contributed by atoms with Gasteiger partial charge in [0, 0.05) is 37.4 Å². The van der Waals surface area contributed by atoms with E-state index < -0.39 is 22.2 Å². The number of fused-ring (bicyclic) bond motifs is 2. The maximum Gasteiger partial charge on any atom is 2.00 e. The summed E-state index contributed by atoms with van der Waals surface area (Å²) in [6.45, 7) is 14.1. The molecule has 0 aliphatic carbocycles. The fourth-order valence-electron chi connectivity index (χ4n) is 8.41. The van der Waals surface area contributed by atoms with E-state index in [1.807, 2.05) is 137 Å². The number of hydrogen-bond donors (Lipinski definition) is 1. The summed E-state index contributed by atoms with van der Waals surface area (Å²) < 4.78 is 40.6. The molecule has 87 heavy (non-hydrogen) atoms. The van der Waals surface area contributed by atoms with Gasteiger partial charge in [0.25, 0.3) is 0 Å². The number of carboxylic acid groups (broad SMARTS) is 2. The minimum atomic E-state index is -4.94. The molecule has 2 aromatic heterocycles. The van der Waals surface area contributed by atoms with E-state index >= 15 is 0 Å². The van der Waals surface area contributed by atoms with Crippen molar-refractivity contribution in [2.24, 2.45) is 24.1 Å². The number of para-hydroxylation sites is 4. The van der Waals surface area contributed by atoms with Crippen LogP contribution < -0.4 is 63.5 Å². The number of quaternary nitrogens is 1. The van der Waals surface area contributed by atoms with E-state index in [0.717, 1.165) is 44.3 Å². The van der Waals surface area contributed by atoms with Gasteiger partial charge in [0.2, 0.25) is 11.4 Å². The van der Waals surface area contributed by atoms with Gasteiger partial charge in [0.15, 0.2) is 14.1 Å². The third-order valence-corrected chi connectivity index (χ3v) is 13.1. The number of carbonyl (C=O) groups is 2. The Bertz CT molecular complexity index is 3580. The quantitative estimate of drug-likeness (QED) is 0.0997. The number of hydrogen-bond acceptors (Lipinski definition) is 14. The molecule has 462 valence electrons. The van der Waals surface area contributed by atoms with Crippen LogP contribution in [0, 0.1) is 24.1 Å². The number of aromatic nitrogens is 4. The Labute approximate surface area is 527 Å². The second kappa shape index (κ2) is 36.3. The van der Waals surface area contributed by atoms with Crippen LogP contribution >= 0.6 is 0 Å². The first kappa shape index (κ1) is 74.4. The topological polar surface area (TPSA) is 343 Å². The molecule has 2 heterocycles. The van der Waals surface area contributed by atoms with Gasteiger partial charge < -0.3 is 50.6 Å². The number of nitrogens with zero attached hydrogens (tertiary/aromatic N) is 6. The molecule has 10 aromatic rings. The van der Waals surface area contributed by atoms with Crippen LogP contribution in [0.3, 0.4) is 0 Å². The minimum Gasteiger partial charge on any atom is -0.872 e. The summed E-state index contributed by atoms with van der Waals surface area (Å²) in [6.07, 6.45) is 2.89. The van der Waals surface area contributed by atoms with Crippen molar-refractivity contribution in [1.29, 1.82) is 0 Å². The first-order valence-electron chi connectivity index (χ1n) is 26.2. The van der Waals surface area contributed by atoms with Gasteiger partial charge in [0.05, 0.1) is 43.3 Å². The van der Waals surface area contributed by atoms with E-state index in [1.54, 1.807) is 96.4 Å². The zero-order valence-corrected chi connectivity index (χ0v) is 51.0. The molecule has 8 aromatic carbocycles. The fourth-order valence-corrected chi connectivity index (χ4v) is 8.41. The third kappa shape index (κ3) is 21.3. The number of aliphatic imine (C=N–C) groups is 2. The van der Waals surface area contributed by atoms with E-state index in [1.165, 1.54) is 44.2 Å². The summed E-state index contributed by atoms with van der Waals surface area (Å²) in [6, 6.07) is 56.9. The van der Waals surface area contributed by atoms with Crippen LogP contribution in [0.4, 0.5) is 11.4 Å². The second-order valence-corrected chi connectivity index (χ2v) is 19.0. The molecule has 3 N–H and O–H groups in total. The van der Waals surface area contributed by atoms with Crippen molar-refractivity contribution in [3.8, 4) is 34.6 Å². The Morgan fingerprint density at radius 2 is 0.759 bits per heavy atom. The third-order valence-electron chi connectivity index (χ3n) is 13.1. The van der Waals surface area contributed by atoms with E-state index in [9.17, 15) is 40.2 Å². The Balaban J connectivity index is 0.000000376.